The fourth-order valence-corrected chi connectivity index (χ4v) is 1.95. The van der Waals surface area contributed by atoms with E-state index in [1.165, 1.54) is 11.6 Å². The molecule has 18 heavy (non-hydrogen) atoms. The Labute approximate surface area is 108 Å². The van der Waals surface area contributed by atoms with Crippen LogP contribution in [0.5, 0.6) is 0 Å². The summed E-state index contributed by atoms with van der Waals surface area (Å²) in [6, 6.07) is 17.1. The number of halogens is 1. The van der Waals surface area contributed by atoms with Gasteiger partial charge in [-0.3, -0.25) is 0 Å². The fourth-order valence-electron chi connectivity index (χ4n) is 1.95. The highest BCUT2D eigenvalue weighted by molar-refractivity contribution is 5.27. The Kier molecular flexibility index (Phi) is 4.48. The van der Waals surface area contributed by atoms with E-state index in [-0.39, 0.29) is 11.9 Å². The van der Waals surface area contributed by atoms with Crippen molar-refractivity contribution in [3.63, 3.8) is 0 Å². The van der Waals surface area contributed by atoms with Gasteiger partial charge in [-0.15, -0.1) is 0 Å². The molecule has 0 aromatic heterocycles. The number of benzene rings is 2. The van der Waals surface area contributed by atoms with Crippen LogP contribution in [0.15, 0.2) is 54.6 Å². The molecule has 0 fully saturated rings. The average Bonchev–Trinajstić information content (AvgIpc) is 2.39. The summed E-state index contributed by atoms with van der Waals surface area (Å²) >= 11 is 0. The van der Waals surface area contributed by atoms with Crippen LogP contribution in [0.25, 0.3) is 0 Å². The molecule has 1 unspecified atom stereocenters. The van der Waals surface area contributed by atoms with Crippen molar-refractivity contribution in [2.45, 2.75) is 12.5 Å². The molecule has 1 atom stereocenters. The summed E-state index contributed by atoms with van der Waals surface area (Å²) in [6.45, 7) is 0. The third-order valence-corrected chi connectivity index (χ3v) is 2.91. The normalized spacial score (nSPS) is 12.3. The van der Waals surface area contributed by atoms with Crippen molar-refractivity contribution in [1.29, 1.82) is 0 Å². The van der Waals surface area contributed by atoms with Crippen molar-refractivity contribution in [2.24, 2.45) is 0 Å². The minimum atomic E-state index is -0.196. The zero-order valence-corrected chi connectivity index (χ0v) is 10.4. The van der Waals surface area contributed by atoms with Crippen LogP contribution in [0.1, 0.15) is 11.1 Å². The van der Waals surface area contributed by atoms with E-state index in [0.717, 1.165) is 12.0 Å². The SMILES string of the molecule is CNC([CH]c1cccc(F)c1)Cc1ccccc1. The van der Waals surface area contributed by atoms with Gasteiger partial charge in [0, 0.05) is 12.5 Å². The van der Waals surface area contributed by atoms with Gasteiger partial charge in [0.2, 0.25) is 0 Å². The van der Waals surface area contributed by atoms with E-state index < -0.39 is 0 Å². The van der Waals surface area contributed by atoms with Crippen LogP contribution in [-0.4, -0.2) is 13.1 Å². The van der Waals surface area contributed by atoms with E-state index in [1.54, 1.807) is 12.1 Å². The number of hydrogen-bond acceptors (Lipinski definition) is 1. The lowest BCUT2D eigenvalue weighted by Crippen LogP contribution is -2.28. The minimum Gasteiger partial charge on any atom is -0.316 e. The van der Waals surface area contributed by atoms with Crippen molar-refractivity contribution in [1.82, 2.24) is 5.32 Å². The molecule has 0 bridgehead atoms. The van der Waals surface area contributed by atoms with Crippen molar-refractivity contribution in [3.8, 4) is 0 Å². The smallest absolute Gasteiger partial charge is 0.123 e. The zero-order valence-electron chi connectivity index (χ0n) is 10.4. The Morgan fingerprint density at radius 3 is 2.56 bits per heavy atom. The van der Waals surface area contributed by atoms with Crippen LogP contribution in [-0.2, 0) is 6.42 Å². The Bertz CT molecular complexity index is 481. The lowest BCUT2D eigenvalue weighted by Gasteiger charge is -2.16. The highest BCUT2D eigenvalue weighted by Gasteiger charge is 2.09. The standard InChI is InChI=1S/C16H17FN/c1-18-16(11-13-6-3-2-4-7-13)12-14-8-5-9-15(17)10-14/h2-10,12,16,18H,11H2,1H3. The first kappa shape index (κ1) is 12.8. The van der Waals surface area contributed by atoms with Gasteiger partial charge >= 0.3 is 0 Å². The van der Waals surface area contributed by atoms with E-state index >= 15 is 0 Å². The third kappa shape index (κ3) is 3.67. The Hall–Kier alpha value is -1.67. The molecule has 93 valence electrons. The predicted molar refractivity (Wildman–Crippen MR) is 72.8 cm³/mol. The van der Waals surface area contributed by atoms with E-state index in [2.05, 4.69) is 23.9 Å². The summed E-state index contributed by atoms with van der Waals surface area (Å²) < 4.78 is 13.1. The number of likely N-dealkylation sites (N-methyl/N-ethyl adjacent to an activating group) is 1. The third-order valence-electron chi connectivity index (χ3n) is 2.91. The summed E-state index contributed by atoms with van der Waals surface area (Å²) in [5.74, 6) is -0.196. The van der Waals surface area contributed by atoms with E-state index in [9.17, 15) is 4.39 Å². The second-order valence-electron chi connectivity index (χ2n) is 4.31. The topological polar surface area (TPSA) is 12.0 Å². The Balaban J connectivity index is 2.01. The maximum atomic E-state index is 13.1. The van der Waals surface area contributed by atoms with Gasteiger partial charge in [-0.05, 0) is 36.7 Å². The van der Waals surface area contributed by atoms with Crippen molar-refractivity contribution in [3.05, 3.63) is 78.0 Å². The van der Waals surface area contributed by atoms with E-state index in [1.807, 2.05) is 31.3 Å². The van der Waals surface area contributed by atoms with Gasteiger partial charge in [0.15, 0.2) is 0 Å². The van der Waals surface area contributed by atoms with Crippen molar-refractivity contribution >= 4 is 0 Å². The molecular weight excluding hydrogens is 225 g/mol. The molecule has 0 aliphatic heterocycles. The molecular formula is C16H17FN. The summed E-state index contributed by atoms with van der Waals surface area (Å²) in [7, 11) is 1.92. The van der Waals surface area contributed by atoms with Gasteiger partial charge < -0.3 is 5.32 Å². The van der Waals surface area contributed by atoms with Gasteiger partial charge in [-0.1, -0.05) is 42.5 Å². The quantitative estimate of drug-likeness (QED) is 0.849. The fraction of sp³-hybridized carbons (Fsp3) is 0.188. The molecule has 0 aliphatic rings. The predicted octanol–water partition coefficient (Wildman–Crippen LogP) is 3.21. The first-order chi connectivity index (χ1) is 8.78. The molecule has 1 N–H and O–H groups in total. The summed E-state index contributed by atoms with van der Waals surface area (Å²) in [6.07, 6.45) is 2.95. The lowest BCUT2D eigenvalue weighted by molar-refractivity contribution is 0.618. The first-order valence-electron chi connectivity index (χ1n) is 6.09. The molecule has 2 aromatic carbocycles. The van der Waals surface area contributed by atoms with Gasteiger partial charge in [-0.2, -0.15) is 0 Å². The maximum Gasteiger partial charge on any atom is 0.123 e. The molecule has 2 rings (SSSR count). The van der Waals surface area contributed by atoms with Crippen LogP contribution in [0, 0.1) is 12.2 Å². The zero-order chi connectivity index (χ0) is 12.8. The van der Waals surface area contributed by atoms with Crippen molar-refractivity contribution < 1.29 is 4.39 Å². The molecule has 0 heterocycles. The Morgan fingerprint density at radius 1 is 1.11 bits per heavy atom. The monoisotopic (exact) mass is 242 g/mol. The molecule has 0 saturated heterocycles. The van der Waals surface area contributed by atoms with Gasteiger partial charge in [0.1, 0.15) is 5.82 Å². The highest BCUT2D eigenvalue weighted by atomic mass is 19.1. The summed E-state index contributed by atoms with van der Waals surface area (Å²) in [5, 5.41) is 3.24. The number of rotatable bonds is 5. The van der Waals surface area contributed by atoms with Crippen molar-refractivity contribution in [2.75, 3.05) is 7.05 Å². The second kappa shape index (κ2) is 6.31. The largest absolute Gasteiger partial charge is 0.316 e. The van der Waals surface area contributed by atoms with Gasteiger partial charge in [0.25, 0.3) is 0 Å². The average molecular weight is 242 g/mol. The molecule has 0 aliphatic carbocycles. The van der Waals surface area contributed by atoms with Gasteiger partial charge in [0.05, 0.1) is 0 Å². The number of hydrogen-bond donors (Lipinski definition) is 1. The maximum absolute atomic E-state index is 13.1. The summed E-state index contributed by atoms with van der Waals surface area (Å²) in [5.41, 5.74) is 2.18. The molecule has 2 aromatic rings. The molecule has 1 nitrogen and oxygen atoms in total. The molecule has 0 saturated carbocycles. The van der Waals surface area contributed by atoms with E-state index in [4.69, 9.17) is 0 Å². The van der Waals surface area contributed by atoms with Crippen LogP contribution >= 0.6 is 0 Å². The summed E-state index contributed by atoms with van der Waals surface area (Å²) in [4.78, 5) is 0. The number of nitrogens with one attached hydrogen (secondary N) is 1. The minimum absolute atomic E-state index is 0.196. The van der Waals surface area contributed by atoms with E-state index in [0.29, 0.717) is 0 Å². The Morgan fingerprint density at radius 2 is 1.89 bits per heavy atom. The highest BCUT2D eigenvalue weighted by Crippen LogP contribution is 2.12. The molecule has 0 amide bonds. The van der Waals surface area contributed by atoms with Crippen LogP contribution < -0.4 is 5.32 Å². The molecule has 1 radical (unpaired) electrons. The van der Waals surface area contributed by atoms with Gasteiger partial charge in [-0.25, -0.2) is 4.39 Å². The lowest BCUT2D eigenvalue weighted by atomic mass is 9.99. The van der Waals surface area contributed by atoms with Crippen LogP contribution in [0.3, 0.4) is 0 Å². The molecule has 0 spiro atoms. The van der Waals surface area contributed by atoms with Crippen LogP contribution in [0.4, 0.5) is 4.39 Å². The second-order valence-corrected chi connectivity index (χ2v) is 4.31. The molecule has 2 heteroatoms. The van der Waals surface area contributed by atoms with Crippen LogP contribution in [0.2, 0.25) is 0 Å². The first-order valence-corrected chi connectivity index (χ1v) is 6.09.